The SMILES string of the molecule is CNC1CCN(Cc2scnc2C)C(C)C1C. The van der Waals surface area contributed by atoms with Gasteiger partial charge in [-0.3, -0.25) is 4.90 Å². The normalized spacial score (nSPS) is 30.7. The highest BCUT2D eigenvalue weighted by Gasteiger charge is 2.31. The van der Waals surface area contributed by atoms with Crippen molar-refractivity contribution in [3.8, 4) is 0 Å². The number of likely N-dealkylation sites (tertiary alicyclic amines) is 1. The molecule has 0 aliphatic carbocycles. The summed E-state index contributed by atoms with van der Waals surface area (Å²) in [5, 5.41) is 3.44. The van der Waals surface area contributed by atoms with Crippen LogP contribution in [0.2, 0.25) is 0 Å². The molecule has 0 amide bonds. The van der Waals surface area contributed by atoms with Crippen LogP contribution in [0.3, 0.4) is 0 Å². The Morgan fingerprint density at radius 2 is 2.29 bits per heavy atom. The molecule has 96 valence electrons. The lowest BCUT2D eigenvalue weighted by molar-refractivity contribution is 0.0818. The minimum Gasteiger partial charge on any atom is -0.317 e. The number of hydrogen-bond acceptors (Lipinski definition) is 4. The Labute approximate surface area is 108 Å². The monoisotopic (exact) mass is 253 g/mol. The van der Waals surface area contributed by atoms with Crippen molar-refractivity contribution in [1.82, 2.24) is 15.2 Å². The Hall–Kier alpha value is -0.450. The van der Waals surface area contributed by atoms with E-state index in [1.807, 2.05) is 5.51 Å². The molecule has 1 aromatic rings. The molecule has 0 aromatic carbocycles. The molecule has 1 aromatic heterocycles. The van der Waals surface area contributed by atoms with Crippen molar-refractivity contribution in [2.45, 2.75) is 45.8 Å². The van der Waals surface area contributed by atoms with E-state index >= 15 is 0 Å². The van der Waals surface area contributed by atoms with Crippen molar-refractivity contribution >= 4 is 11.3 Å². The van der Waals surface area contributed by atoms with E-state index in [9.17, 15) is 0 Å². The zero-order chi connectivity index (χ0) is 12.4. The van der Waals surface area contributed by atoms with Gasteiger partial charge in [0, 0.05) is 30.1 Å². The molecular weight excluding hydrogens is 230 g/mol. The van der Waals surface area contributed by atoms with Gasteiger partial charge >= 0.3 is 0 Å². The molecule has 0 radical (unpaired) electrons. The fourth-order valence-corrected chi connectivity index (χ4v) is 3.53. The van der Waals surface area contributed by atoms with Gasteiger partial charge in [0.1, 0.15) is 0 Å². The summed E-state index contributed by atoms with van der Waals surface area (Å²) >= 11 is 1.78. The maximum Gasteiger partial charge on any atom is 0.0798 e. The van der Waals surface area contributed by atoms with Crippen LogP contribution in [0.25, 0.3) is 0 Å². The molecule has 0 spiro atoms. The van der Waals surface area contributed by atoms with E-state index in [4.69, 9.17) is 0 Å². The van der Waals surface area contributed by atoms with Crippen LogP contribution in [0.4, 0.5) is 0 Å². The molecule has 3 unspecified atom stereocenters. The molecule has 1 aliphatic rings. The van der Waals surface area contributed by atoms with Gasteiger partial charge in [0.2, 0.25) is 0 Å². The average Bonchev–Trinajstić information content (AvgIpc) is 2.71. The van der Waals surface area contributed by atoms with Crippen molar-refractivity contribution in [1.29, 1.82) is 0 Å². The van der Waals surface area contributed by atoms with E-state index in [2.05, 4.69) is 43.0 Å². The second-order valence-electron chi connectivity index (χ2n) is 5.11. The summed E-state index contributed by atoms with van der Waals surface area (Å²) in [7, 11) is 2.08. The summed E-state index contributed by atoms with van der Waals surface area (Å²) in [5.74, 6) is 0.710. The minimum absolute atomic E-state index is 0.641. The quantitative estimate of drug-likeness (QED) is 0.895. The lowest BCUT2D eigenvalue weighted by Crippen LogP contribution is -2.52. The Morgan fingerprint density at radius 1 is 1.53 bits per heavy atom. The lowest BCUT2D eigenvalue weighted by atomic mass is 9.87. The number of rotatable bonds is 3. The molecule has 1 aliphatic heterocycles. The molecule has 3 nitrogen and oxygen atoms in total. The first kappa shape index (κ1) is 13.0. The molecule has 0 saturated carbocycles. The summed E-state index contributed by atoms with van der Waals surface area (Å²) < 4.78 is 0. The summed E-state index contributed by atoms with van der Waals surface area (Å²) in [6, 6.07) is 1.31. The Morgan fingerprint density at radius 3 is 2.88 bits per heavy atom. The number of aryl methyl sites for hydroxylation is 1. The first-order valence-corrected chi connectivity index (χ1v) is 7.31. The number of aromatic nitrogens is 1. The van der Waals surface area contributed by atoms with Crippen LogP contribution in [0.1, 0.15) is 30.8 Å². The zero-order valence-corrected chi connectivity index (χ0v) is 12.0. The predicted molar refractivity (Wildman–Crippen MR) is 73.4 cm³/mol. The van der Waals surface area contributed by atoms with E-state index in [1.54, 1.807) is 11.3 Å². The molecule has 1 fully saturated rings. The molecule has 3 atom stereocenters. The van der Waals surface area contributed by atoms with Gasteiger partial charge in [-0.05, 0) is 33.2 Å². The van der Waals surface area contributed by atoms with Gasteiger partial charge in [0.05, 0.1) is 11.2 Å². The van der Waals surface area contributed by atoms with Gasteiger partial charge < -0.3 is 5.32 Å². The van der Waals surface area contributed by atoms with Gasteiger partial charge in [0.25, 0.3) is 0 Å². The van der Waals surface area contributed by atoms with Crippen molar-refractivity contribution < 1.29 is 0 Å². The molecule has 1 saturated heterocycles. The largest absolute Gasteiger partial charge is 0.317 e. The third kappa shape index (κ3) is 2.69. The number of nitrogens with zero attached hydrogens (tertiary/aromatic N) is 2. The van der Waals surface area contributed by atoms with Gasteiger partial charge in [-0.2, -0.15) is 0 Å². The standard InChI is InChI=1S/C13H23N3S/c1-9-11(3)16(6-5-12(9)14-4)7-13-10(2)15-8-17-13/h8-9,11-12,14H,5-7H2,1-4H3. The Bertz CT molecular complexity index is 363. The van der Waals surface area contributed by atoms with Crippen molar-refractivity contribution in [2.75, 3.05) is 13.6 Å². The number of piperidine rings is 1. The minimum atomic E-state index is 0.641. The molecule has 0 bridgehead atoms. The number of thiazole rings is 1. The van der Waals surface area contributed by atoms with Crippen molar-refractivity contribution in [3.63, 3.8) is 0 Å². The smallest absolute Gasteiger partial charge is 0.0798 e. The summed E-state index contributed by atoms with van der Waals surface area (Å²) in [5.41, 5.74) is 3.16. The Kier molecular flexibility index (Phi) is 4.17. The summed E-state index contributed by atoms with van der Waals surface area (Å²) in [6.07, 6.45) is 1.25. The van der Waals surface area contributed by atoms with E-state index in [1.165, 1.54) is 23.5 Å². The first-order chi connectivity index (χ1) is 8.13. The van der Waals surface area contributed by atoms with Crippen LogP contribution in [-0.4, -0.2) is 35.6 Å². The summed E-state index contributed by atoms with van der Waals surface area (Å²) in [6.45, 7) is 9.08. The molecule has 4 heteroatoms. The van der Waals surface area contributed by atoms with Gasteiger partial charge in [-0.1, -0.05) is 6.92 Å². The van der Waals surface area contributed by atoms with Crippen LogP contribution < -0.4 is 5.32 Å². The molecule has 17 heavy (non-hydrogen) atoms. The number of hydrogen-bond donors (Lipinski definition) is 1. The highest BCUT2D eigenvalue weighted by Crippen LogP contribution is 2.26. The Balaban J connectivity index is 2.01. The van der Waals surface area contributed by atoms with Gasteiger partial charge in [0.15, 0.2) is 0 Å². The fraction of sp³-hybridized carbons (Fsp3) is 0.769. The zero-order valence-electron chi connectivity index (χ0n) is 11.2. The number of nitrogens with one attached hydrogen (secondary N) is 1. The topological polar surface area (TPSA) is 28.2 Å². The molecule has 1 N–H and O–H groups in total. The fourth-order valence-electron chi connectivity index (χ4n) is 2.73. The third-order valence-electron chi connectivity index (χ3n) is 4.26. The van der Waals surface area contributed by atoms with Crippen LogP contribution in [0, 0.1) is 12.8 Å². The maximum atomic E-state index is 4.34. The van der Waals surface area contributed by atoms with Crippen LogP contribution in [-0.2, 0) is 6.54 Å². The molecule has 2 heterocycles. The van der Waals surface area contributed by atoms with E-state index in [-0.39, 0.29) is 0 Å². The van der Waals surface area contributed by atoms with Crippen molar-refractivity contribution in [2.24, 2.45) is 5.92 Å². The second-order valence-corrected chi connectivity index (χ2v) is 6.05. The second kappa shape index (κ2) is 5.46. The van der Waals surface area contributed by atoms with E-state index < -0.39 is 0 Å². The van der Waals surface area contributed by atoms with Gasteiger partial charge in [-0.15, -0.1) is 11.3 Å². The van der Waals surface area contributed by atoms with Crippen LogP contribution >= 0.6 is 11.3 Å². The predicted octanol–water partition coefficient (Wildman–Crippen LogP) is 2.27. The first-order valence-electron chi connectivity index (χ1n) is 6.43. The average molecular weight is 253 g/mol. The van der Waals surface area contributed by atoms with Crippen LogP contribution in [0.5, 0.6) is 0 Å². The van der Waals surface area contributed by atoms with Crippen molar-refractivity contribution in [3.05, 3.63) is 16.1 Å². The summed E-state index contributed by atoms with van der Waals surface area (Å²) in [4.78, 5) is 8.36. The third-order valence-corrected chi connectivity index (χ3v) is 5.18. The highest BCUT2D eigenvalue weighted by atomic mass is 32.1. The lowest BCUT2D eigenvalue weighted by Gasteiger charge is -2.42. The highest BCUT2D eigenvalue weighted by molar-refractivity contribution is 7.09. The van der Waals surface area contributed by atoms with Gasteiger partial charge in [-0.25, -0.2) is 4.98 Å². The van der Waals surface area contributed by atoms with E-state index in [0.29, 0.717) is 18.0 Å². The molecular formula is C13H23N3S. The maximum absolute atomic E-state index is 4.34. The van der Waals surface area contributed by atoms with Crippen LogP contribution in [0.15, 0.2) is 5.51 Å². The molecule has 2 rings (SSSR count). The van der Waals surface area contributed by atoms with E-state index in [0.717, 1.165) is 6.54 Å².